The van der Waals surface area contributed by atoms with Crippen molar-refractivity contribution in [2.75, 3.05) is 14.2 Å². The Morgan fingerprint density at radius 3 is 1.19 bits per heavy atom. The molecular formula is C22H18O4. The predicted molar refractivity (Wildman–Crippen MR) is 98.4 cm³/mol. The molecule has 0 radical (unpaired) electrons. The van der Waals surface area contributed by atoms with Crippen LogP contribution in [0.3, 0.4) is 0 Å². The van der Waals surface area contributed by atoms with E-state index in [1.165, 1.54) is 14.2 Å². The van der Waals surface area contributed by atoms with E-state index in [4.69, 9.17) is 0 Å². The summed E-state index contributed by atoms with van der Waals surface area (Å²) in [5.74, 6) is 30.8. The van der Waals surface area contributed by atoms with Gasteiger partial charge in [0.15, 0.2) is 0 Å². The zero-order valence-corrected chi connectivity index (χ0v) is 14.9. The highest BCUT2D eigenvalue weighted by Gasteiger charge is 1.97. The minimum Gasteiger partial charge on any atom is -0.469 e. The smallest absolute Gasteiger partial charge is 0.305 e. The van der Waals surface area contributed by atoms with Crippen LogP contribution in [0.4, 0.5) is 0 Å². The Labute approximate surface area is 155 Å². The lowest BCUT2D eigenvalue weighted by atomic mass is 10.2. The van der Waals surface area contributed by atoms with Gasteiger partial charge in [0.1, 0.15) is 0 Å². The van der Waals surface area contributed by atoms with E-state index < -0.39 is 0 Å². The number of hydrogen-bond acceptors (Lipinski definition) is 4. The van der Waals surface area contributed by atoms with Crippen LogP contribution in [0.15, 0.2) is 0 Å². The summed E-state index contributed by atoms with van der Waals surface area (Å²) in [5, 5.41) is 0. The molecule has 0 fully saturated rings. The molecule has 0 heterocycles. The third kappa shape index (κ3) is 16.7. The minimum atomic E-state index is -0.241. The molecule has 4 nitrogen and oxygen atoms in total. The molecule has 0 amide bonds. The van der Waals surface area contributed by atoms with E-state index in [9.17, 15) is 9.59 Å². The molecule has 0 aromatic rings. The van der Waals surface area contributed by atoms with E-state index in [-0.39, 0.29) is 11.9 Å². The number of ether oxygens (including phenoxy) is 2. The summed E-state index contributed by atoms with van der Waals surface area (Å²) in [7, 11) is 2.71. The topological polar surface area (TPSA) is 52.6 Å². The van der Waals surface area contributed by atoms with Gasteiger partial charge in [-0.25, -0.2) is 0 Å². The third-order valence-corrected chi connectivity index (χ3v) is 2.56. The van der Waals surface area contributed by atoms with E-state index in [0.29, 0.717) is 38.5 Å². The Kier molecular flexibility index (Phi) is 15.1. The Morgan fingerprint density at radius 1 is 0.577 bits per heavy atom. The Bertz CT molecular complexity index is 768. The van der Waals surface area contributed by atoms with E-state index in [0.717, 1.165) is 0 Å². The summed E-state index contributed by atoms with van der Waals surface area (Å²) in [6.07, 6.45) is 3.16. The Hall–Kier alpha value is -3.70. The van der Waals surface area contributed by atoms with E-state index in [1.54, 1.807) is 0 Å². The average molecular weight is 346 g/mol. The molecule has 0 aromatic heterocycles. The van der Waals surface area contributed by atoms with Crippen LogP contribution in [0, 0.1) is 71.0 Å². The maximum atomic E-state index is 10.8. The van der Waals surface area contributed by atoms with Gasteiger partial charge in [-0.1, -0.05) is 11.8 Å². The van der Waals surface area contributed by atoms with Gasteiger partial charge in [0, 0.05) is 25.7 Å². The van der Waals surface area contributed by atoms with E-state index in [2.05, 4.69) is 80.5 Å². The Morgan fingerprint density at radius 2 is 0.885 bits per heavy atom. The second-order valence-electron chi connectivity index (χ2n) is 4.46. The molecule has 0 N–H and O–H groups in total. The van der Waals surface area contributed by atoms with Crippen LogP contribution in [0.5, 0.6) is 0 Å². The molecule has 0 atom stereocenters. The summed E-state index contributed by atoms with van der Waals surface area (Å²) in [5.41, 5.74) is 0. The molecule has 0 aliphatic rings. The average Bonchev–Trinajstić information content (AvgIpc) is 2.66. The van der Waals surface area contributed by atoms with Crippen molar-refractivity contribution < 1.29 is 19.1 Å². The number of carbonyl (C=O) groups excluding carboxylic acids is 2. The molecule has 26 heavy (non-hydrogen) atoms. The first-order chi connectivity index (χ1) is 12.7. The standard InChI is InChI=1S/C22H18O4/c1-25-21(23)19-17-15-13-11-9-7-5-3-4-6-8-10-12-14-16-18-20-22(24)26-2/h15-20H2,1-2H3. The van der Waals surface area contributed by atoms with Gasteiger partial charge in [0.05, 0.1) is 14.2 Å². The lowest BCUT2D eigenvalue weighted by molar-refractivity contribution is -0.141. The molecule has 0 aliphatic carbocycles. The molecule has 0 saturated carbocycles. The molecule has 0 rings (SSSR count). The highest BCUT2D eigenvalue weighted by Crippen LogP contribution is 1.95. The molecule has 0 aliphatic heterocycles. The summed E-state index contributed by atoms with van der Waals surface area (Å²) in [4.78, 5) is 21.7. The predicted octanol–water partition coefficient (Wildman–Crippen LogP) is 1.69. The van der Waals surface area contributed by atoms with Crippen molar-refractivity contribution in [2.45, 2.75) is 38.5 Å². The first kappa shape index (κ1) is 22.3. The summed E-state index contributed by atoms with van der Waals surface area (Å²) in [6.45, 7) is 0. The lowest BCUT2D eigenvalue weighted by Crippen LogP contribution is -1.98. The number of methoxy groups -OCH3 is 2. The number of carbonyl (C=O) groups is 2. The van der Waals surface area contributed by atoms with Crippen molar-refractivity contribution >= 4 is 11.9 Å². The fourth-order valence-corrected chi connectivity index (χ4v) is 1.31. The van der Waals surface area contributed by atoms with Crippen LogP contribution in [0.1, 0.15) is 38.5 Å². The number of rotatable bonds is 6. The molecule has 0 unspecified atom stereocenters. The van der Waals surface area contributed by atoms with Gasteiger partial charge in [-0.05, 0) is 72.0 Å². The van der Waals surface area contributed by atoms with Gasteiger partial charge < -0.3 is 9.47 Å². The SMILES string of the molecule is COC(=O)CCCC#CC#CC#CC#CC#CC#CCCCC(=O)OC. The van der Waals surface area contributed by atoms with Gasteiger partial charge in [-0.3, -0.25) is 9.59 Å². The van der Waals surface area contributed by atoms with Crippen molar-refractivity contribution in [1.82, 2.24) is 0 Å². The summed E-state index contributed by atoms with van der Waals surface area (Å²) in [6, 6.07) is 0. The first-order valence-corrected chi connectivity index (χ1v) is 7.80. The van der Waals surface area contributed by atoms with E-state index in [1.807, 2.05) is 0 Å². The van der Waals surface area contributed by atoms with Gasteiger partial charge in [-0.2, -0.15) is 0 Å². The normalized spacial score (nSPS) is 7.00. The van der Waals surface area contributed by atoms with Gasteiger partial charge in [0.25, 0.3) is 0 Å². The van der Waals surface area contributed by atoms with Crippen LogP contribution in [0.25, 0.3) is 0 Å². The second-order valence-corrected chi connectivity index (χ2v) is 4.46. The number of hydrogen-bond donors (Lipinski definition) is 0. The van der Waals surface area contributed by atoms with Crippen LogP contribution < -0.4 is 0 Å². The maximum absolute atomic E-state index is 10.8. The number of unbranched alkanes of at least 4 members (excludes halogenated alkanes) is 2. The third-order valence-electron chi connectivity index (χ3n) is 2.56. The van der Waals surface area contributed by atoms with Crippen molar-refractivity contribution in [2.24, 2.45) is 0 Å². The summed E-state index contributed by atoms with van der Waals surface area (Å²) < 4.78 is 9.02. The second kappa shape index (κ2) is 17.7. The highest BCUT2D eigenvalue weighted by atomic mass is 16.5. The van der Waals surface area contributed by atoms with Gasteiger partial charge in [0.2, 0.25) is 0 Å². The van der Waals surface area contributed by atoms with Crippen molar-refractivity contribution in [1.29, 1.82) is 0 Å². The van der Waals surface area contributed by atoms with Crippen LogP contribution in [-0.2, 0) is 19.1 Å². The molecule has 0 bridgehead atoms. The quantitative estimate of drug-likeness (QED) is 0.417. The molecule has 0 aromatic carbocycles. The molecule has 0 spiro atoms. The van der Waals surface area contributed by atoms with Crippen molar-refractivity contribution in [3.63, 3.8) is 0 Å². The fourth-order valence-electron chi connectivity index (χ4n) is 1.31. The first-order valence-electron chi connectivity index (χ1n) is 7.80. The molecule has 0 saturated heterocycles. The zero-order chi connectivity index (χ0) is 19.3. The van der Waals surface area contributed by atoms with Crippen LogP contribution >= 0.6 is 0 Å². The van der Waals surface area contributed by atoms with E-state index >= 15 is 0 Å². The highest BCUT2D eigenvalue weighted by molar-refractivity contribution is 5.69. The molecular weight excluding hydrogens is 328 g/mol. The maximum Gasteiger partial charge on any atom is 0.305 e. The van der Waals surface area contributed by atoms with Crippen molar-refractivity contribution in [3.05, 3.63) is 0 Å². The fraction of sp³-hybridized carbons (Fsp3) is 0.364. The monoisotopic (exact) mass is 346 g/mol. The zero-order valence-electron chi connectivity index (χ0n) is 14.9. The van der Waals surface area contributed by atoms with Crippen LogP contribution in [-0.4, -0.2) is 26.2 Å². The summed E-state index contributed by atoms with van der Waals surface area (Å²) >= 11 is 0. The largest absolute Gasteiger partial charge is 0.469 e. The van der Waals surface area contributed by atoms with Crippen LogP contribution in [0.2, 0.25) is 0 Å². The molecule has 130 valence electrons. The Balaban J connectivity index is 3.99. The number of esters is 2. The lowest BCUT2D eigenvalue weighted by Gasteiger charge is -1.93. The van der Waals surface area contributed by atoms with Crippen molar-refractivity contribution in [3.8, 4) is 71.0 Å². The molecule has 4 heteroatoms. The van der Waals surface area contributed by atoms with Gasteiger partial charge in [-0.15, -0.1) is 0 Å². The minimum absolute atomic E-state index is 0.241. The van der Waals surface area contributed by atoms with Gasteiger partial charge >= 0.3 is 11.9 Å².